The third-order valence-electron chi connectivity index (χ3n) is 1.72. The van der Waals surface area contributed by atoms with Crippen LogP contribution in [0.2, 0.25) is 0 Å². The molecule has 1 aliphatic rings. The van der Waals surface area contributed by atoms with Crippen LogP contribution in [0.1, 0.15) is 6.42 Å². The minimum absolute atomic E-state index is 0.0474. The minimum Gasteiger partial charge on any atom is -0.378 e. The van der Waals surface area contributed by atoms with Crippen molar-refractivity contribution < 1.29 is 9.47 Å². The fraction of sp³-hybridized carbons (Fsp3) is 0.714. The van der Waals surface area contributed by atoms with E-state index >= 15 is 0 Å². The predicted octanol–water partition coefficient (Wildman–Crippen LogP) is -0.949. The van der Waals surface area contributed by atoms with Crippen LogP contribution in [0.3, 0.4) is 0 Å². The highest BCUT2D eigenvalue weighted by Crippen LogP contribution is 2.07. The lowest BCUT2D eigenvalue weighted by atomic mass is 10.1. The van der Waals surface area contributed by atoms with Crippen LogP contribution in [0.4, 0.5) is 0 Å². The molecule has 0 aromatic carbocycles. The number of hydrogen-bond acceptors (Lipinski definition) is 4. The first kappa shape index (κ1) is 9.94. The molecule has 0 aliphatic carbocycles. The smallest absolute Gasteiger partial charge is 0.211 e. The van der Waals surface area contributed by atoms with E-state index in [0.29, 0.717) is 19.6 Å². The summed E-state index contributed by atoms with van der Waals surface area (Å²) < 4.78 is 10.3. The summed E-state index contributed by atoms with van der Waals surface area (Å²) in [4.78, 5) is 0. The van der Waals surface area contributed by atoms with E-state index in [0.717, 1.165) is 5.71 Å². The van der Waals surface area contributed by atoms with Crippen LogP contribution in [-0.4, -0.2) is 38.1 Å². The third kappa shape index (κ3) is 3.00. The Balaban J connectivity index is 2.63. The van der Waals surface area contributed by atoms with Gasteiger partial charge in [0.25, 0.3) is 0 Å². The standard InChI is InChI=1S/C7H14N4O2/c1-12-6-4-13-3-2-5(6)10-11-7(8)9/h6H,2-4H2,1H3,(H4,8,9,11)/b10-5+. The van der Waals surface area contributed by atoms with Crippen LogP contribution in [0.15, 0.2) is 10.2 Å². The maximum absolute atomic E-state index is 5.19. The highest BCUT2D eigenvalue weighted by molar-refractivity contribution is 5.90. The monoisotopic (exact) mass is 186 g/mol. The van der Waals surface area contributed by atoms with Gasteiger partial charge in [-0.1, -0.05) is 0 Å². The maximum Gasteiger partial charge on any atom is 0.211 e. The van der Waals surface area contributed by atoms with Crippen molar-refractivity contribution in [2.75, 3.05) is 20.3 Å². The molecule has 74 valence electrons. The Labute approximate surface area is 76.6 Å². The van der Waals surface area contributed by atoms with Crippen LogP contribution in [0.5, 0.6) is 0 Å². The summed E-state index contributed by atoms with van der Waals surface area (Å²) in [6.45, 7) is 1.15. The number of methoxy groups -OCH3 is 1. The Morgan fingerprint density at radius 2 is 2.38 bits per heavy atom. The molecular weight excluding hydrogens is 172 g/mol. The van der Waals surface area contributed by atoms with Gasteiger partial charge in [-0.15, -0.1) is 5.10 Å². The van der Waals surface area contributed by atoms with Gasteiger partial charge in [-0.05, 0) is 0 Å². The third-order valence-corrected chi connectivity index (χ3v) is 1.72. The lowest BCUT2D eigenvalue weighted by Crippen LogP contribution is -2.34. The summed E-state index contributed by atoms with van der Waals surface area (Å²) in [5, 5.41) is 7.46. The second-order valence-corrected chi connectivity index (χ2v) is 2.67. The molecule has 1 rings (SSSR count). The number of ether oxygens (including phenoxy) is 2. The van der Waals surface area contributed by atoms with Gasteiger partial charge < -0.3 is 20.9 Å². The highest BCUT2D eigenvalue weighted by atomic mass is 16.5. The van der Waals surface area contributed by atoms with Gasteiger partial charge in [0.05, 0.1) is 18.9 Å². The second kappa shape index (κ2) is 4.78. The van der Waals surface area contributed by atoms with Crippen LogP contribution < -0.4 is 11.5 Å². The molecule has 1 heterocycles. The quantitative estimate of drug-likeness (QED) is 0.330. The molecule has 1 saturated heterocycles. The number of nitrogens with zero attached hydrogens (tertiary/aromatic N) is 2. The lowest BCUT2D eigenvalue weighted by molar-refractivity contribution is 0.0276. The summed E-state index contributed by atoms with van der Waals surface area (Å²) in [5.41, 5.74) is 11.1. The fourth-order valence-corrected chi connectivity index (χ4v) is 1.06. The van der Waals surface area contributed by atoms with E-state index in [4.69, 9.17) is 20.9 Å². The van der Waals surface area contributed by atoms with Crippen LogP contribution in [0.25, 0.3) is 0 Å². The van der Waals surface area contributed by atoms with Gasteiger partial charge in [0.1, 0.15) is 6.10 Å². The van der Waals surface area contributed by atoms with E-state index in [1.54, 1.807) is 7.11 Å². The van der Waals surface area contributed by atoms with Gasteiger partial charge in [0.2, 0.25) is 5.96 Å². The average molecular weight is 186 g/mol. The van der Waals surface area contributed by atoms with Crippen LogP contribution in [0, 0.1) is 0 Å². The van der Waals surface area contributed by atoms with E-state index < -0.39 is 0 Å². The van der Waals surface area contributed by atoms with Gasteiger partial charge in [0.15, 0.2) is 0 Å². The molecule has 6 nitrogen and oxygen atoms in total. The van der Waals surface area contributed by atoms with Crippen molar-refractivity contribution in [3.63, 3.8) is 0 Å². The largest absolute Gasteiger partial charge is 0.378 e. The van der Waals surface area contributed by atoms with Crippen molar-refractivity contribution in [3.8, 4) is 0 Å². The summed E-state index contributed by atoms with van der Waals surface area (Å²) in [7, 11) is 1.60. The van der Waals surface area contributed by atoms with E-state index in [9.17, 15) is 0 Å². The van der Waals surface area contributed by atoms with Gasteiger partial charge >= 0.3 is 0 Å². The molecule has 1 unspecified atom stereocenters. The highest BCUT2D eigenvalue weighted by Gasteiger charge is 2.20. The zero-order valence-corrected chi connectivity index (χ0v) is 7.56. The first-order valence-corrected chi connectivity index (χ1v) is 4.00. The Kier molecular flexibility index (Phi) is 3.66. The van der Waals surface area contributed by atoms with E-state index in [1.165, 1.54) is 0 Å². The maximum atomic E-state index is 5.19. The Hall–Kier alpha value is -1.14. The molecule has 1 fully saturated rings. The van der Waals surface area contributed by atoms with E-state index in [-0.39, 0.29) is 12.1 Å². The Bertz CT molecular complexity index is 223. The number of nitrogens with two attached hydrogens (primary N) is 2. The van der Waals surface area contributed by atoms with Gasteiger partial charge in [-0.3, -0.25) is 0 Å². The molecule has 0 spiro atoms. The van der Waals surface area contributed by atoms with Gasteiger partial charge in [0, 0.05) is 13.5 Å². The normalized spacial score (nSPS) is 25.9. The van der Waals surface area contributed by atoms with Gasteiger partial charge in [-0.2, -0.15) is 5.10 Å². The Morgan fingerprint density at radius 1 is 1.62 bits per heavy atom. The molecule has 4 N–H and O–H groups in total. The summed E-state index contributed by atoms with van der Waals surface area (Å²) >= 11 is 0. The summed E-state index contributed by atoms with van der Waals surface area (Å²) in [6, 6.07) is 0. The molecule has 1 atom stereocenters. The first-order valence-electron chi connectivity index (χ1n) is 4.00. The zero-order valence-electron chi connectivity index (χ0n) is 7.56. The molecule has 1 aliphatic heterocycles. The van der Waals surface area contributed by atoms with Crippen molar-refractivity contribution in [2.24, 2.45) is 21.7 Å². The van der Waals surface area contributed by atoms with Crippen molar-refractivity contribution in [2.45, 2.75) is 12.5 Å². The van der Waals surface area contributed by atoms with Crippen molar-refractivity contribution in [1.82, 2.24) is 0 Å². The molecular formula is C7H14N4O2. The number of guanidine groups is 1. The molecule has 6 heteroatoms. The molecule has 0 saturated carbocycles. The molecule has 0 bridgehead atoms. The average Bonchev–Trinajstić information content (AvgIpc) is 2.15. The minimum atomic E-state index is -0.128. The Morgan fingerprint density at radius 3 is 3.00 bits per heavy atom. The summed E-state index contributed by atoms with van der Waals surface area (Å²) in [5.74, 6) is -0.0474. The molecule has 0 radical (unpaired) electrons. The predicted molar refractivity (Wildman–Crippen MR) is 49.5 cm³/mol. The van der Waals surface area contributed by atoms with Crippen molar-refractivity contribution in [3.05, 3.63) is 0 Å². The van der Waals surface area contributed by atoms with Crippen LogP contribution >= 0.6 is 0 Å². The molecule has 13 heavy (non-hydrogen) atoms. The fourth-order valence-electron chi connectivity index (χ4n) is 1.06. The first-order chi connectivity index (χ1) is 6.24. The SMILES string of the molecule is COC1COCC/C1=N\N=C(N)N. The number of hydrogen-bond donors (Lipinski definition) is 2. The van der Waals surface area contributed by atoms with Gasteiger partial charge in [-0.25, -0.2) is 0 Å². The van der Waals surface area contributed by atoms with Crippen LogP contribution in [-0.2, 0) is 9.47 Å². The lowest BCUT2D eigenvalue weighted by Gasteiger charge is -2.21. The zero-order chi connectivity index (χ0) is 9.68. The van der Waals surface area contributed by atoms with Crippen molar-refractivity contribution >= 4 is 11.7 Å². The topological polar surface area (TPSA) is 95.2 Å². The molecule has 0 aromatic rings. The van der Waals surface area contributed by atoms with E-state index in [1.807, 2.05) is 0 Å². The molecule has 0 amide bonds. The second-order valence-electron chi connectivity index (χ2n) is 2.67. The van der Waals surface area contributed by atoms with Crippen molar-refractivity contribution in [1.29, 1.82) is 0 Å². The molecule has 0 aromatic heterocycles. The van der Waals surface area contributed by atoms with E-state index in [2.05, 4.69) is 10.2 Å². The summed E-state index contributed by atoms with van der Waals surface area (Å²) in [6.07, 6.45) is 0.576. The number of rotatable bonds is 2.